The van der Waals surface area contributed by atoms with Crippen molar-refractivity contribution in [3.05, 3.63) is 59.7 Å². The van der Waals surface area contributed by atoms with Crippen LogP contribution in [-0.4, -0.2) is 33.7 Å². The van der Waals surface area contributed by atoms with E-state index in [0.717, 1.165) is 24.0 Å². The number of halogens is 3. The van der Waals surface area contributed by atoms with Gasteiger partial charge in [0.05, 0.1) is 30.7 Å². The number of carbonyl (C=O) groups is 1. The van der Waals surface area contributed by atoms with Crippen molar-refractivity contribution in [3.8, 4) is 5.75 Å². The van der Waals surface area contributed by atoms with Gasteiger partial charge in [0.15, 0.2) is 0 Å². The number of carbonyl (C=O) groups excluding carboxylic acids is 1. The zero-order chi connectivity index (χ0) is 22.7. The molecule has 0 aliphatic rings. The van der Waals surface area contributed by atoms with Gasteiger partial charge in [0.2, 0.25) is 15.9 Å². The Bertz CT molecular complexity index is 992. The van der Waals surface area contributed by atoms with Crippen LogP contribution in [0.3, 0.4) is 0 Å². The van der Waals surface area contributed by atoms with Gasteiger partial charge in [-0.15, -0.1) is 0 Å². The largest absolute Gasteiger partial charge is 0.497 e. The van der Waals surface area contributed by atoms with Crippen molar-refractivity contribution in [3.63, 3.8) is 0 Å². The van der Waals surface area contributed by atoms with Crippen LogP contribution in [0.4, 0.5) is 18.9 Å². The Labute approximate surface area is 173 Å². The second kappa shape index (κ2) is 8.95. The van der Waals surface area contributed by atoms with E-state index in [2.05, 4.69) is 5.32 Å². The van der Waals surface area contributed by atoms with Gasteiger partial charge in [0, 0.05) is 0 Å². The summed E-state index contributed by atoms with van der Waals surface area (Å²) < 4.78 is 69.5. The molecule has 10 heteroatoms. The SMILES string of the molecule is COc1ccc([C@@H](C)NC(=O)[C@@H](C)N(c2cccc(C(F)(F)F)c2)S(C)(=O)=O)cc1. The van der Waals surface area contributed by atoms with Crippen molar-refractivity contribution >= 4 is 21.6 Å². The maximum atomic E-state index is 13.0. The Hall–Kier alpha value is -2.75. The quantitative estimate of drug-likeness (QED) is 0.706. The van der Waals surface area contributed by atoms with Crippen LogP contribution in [0, 0.1) is 0 Å². The van der Waals surface area contributed by atoms with Crippen molar-refractivity contribution in [2.75, 3.05) is 17.7 Å². The Morgan fingerprint density at radius 2 is 1.70 bits per heavy atom. The fraction of sp³-hybridized carbons (Fsp3) is 0.350. The van der Waals surface area contributed by atoms with Gasteiger partial charge in [-0.2, -0.15) is 13.2 Å². The first-order valence-electron chi connectivity index (χ1n) is 8.95. The van der Waals surface area contributed by atoms with Gasteiger partial charge in [0.25, 0.3) is 0 Å². The van der Waals surface area contributed by atoms with Crippen LogP contribution in [-0.2, 0) is 21.0 Å². The van der Waals surface area contributed by atoms with Gasteiger partial charge in [-0.05, 0) is 49.7 Å². The molecule has 0 fully saturated rings. The van der Waals surface area contributed by atoms with Gasteiger partial charge in [-0.1, -0.05) is 18.2 Å². The normalized spacial score (nSPS) is 14.0. The molecular formula is C20H23F3N2O4S. The number of ether oxygens (including phenoxy) is 1. The van der Waals surface area contributed by atoms with Gasteiger partial charge in [0.1, 0.15) is 11.8 Å². The molecule has 164 valence electrons. The minimum Gasteiger partial charge on any atom is -0.497 e. The summed E-state index contributed by atoms with van der Waals surface area (Å²) in [6, 6.07) is 9.04. The lowest BCUT2D eigenvalue weighted by molar-refractivity contribution is -0.137. The average Bonchev–Trinajstić information content (AvgIpc) is 2.66. The highest BCUT2D eigenvalue weighted by Gasteiger charge is 2.34. The maximum Gasteiger partial charge on any atom is 0.416 e. The van der Waals surface area contributed by atoms with E-state index in [4.69, 9.17) is 4.74 Å². The fourth-order valence-corrected chi connectivity index (χ4v) is 4.10. The molecule has 2 rings (SSSR count). The molecule has 0 saturated heterocycles. The number of sulfonamides is 1. The molecule has 0 unspecified atom stereocenters. The lowest BCUT2D eigenvalue weighted by atomic mass is 10.1. The number of amides is 1. The van der Waals surface area contributed by atoms with E-state index in [1.165, 1.54) is 20.1 Å². The van der Waals surface area contributed by atoms with Crippen molar-refractivity contribution in [1.82, 2.24) is 5.32 Å². The molecule has 2 aromatic carbocycles. The molecule has 2 aromatic rings. The number of hydrogen-bond donors (Lipinski definition) is 1. The number of alkyl halides is 3. The molecule has 0 bridgehead atoms. The second-order valence-corrected chi connectivity index (χ2v) is 8.65. The third-order valence-corrected chi connectivity index (χ3v) is 5.73. The molecule has 0 saturated carbocycles. The summed E-state index contributed by atoms with van der Waals surface area (Å²) in [5, 5.41) is 2.69. The number of nitrogens with one attached hydrogen (secondary N) is 1. The van der Waals surface area contributed by atoms with E-state index < -0.39 is 39.8 Å². The number of rotatable bonds is 7. The third-order valence-electron chi connectivity index (χ3n) is 4.49. The molecule has 1 N–H and O–H groups in total. The summed E-state index contributed by atoms with van der Waals surface area (Å²) in [4.78, 5) is 12.7. The summed E-state index contributed by atoms with van der Waals surface area (Å²) in [5.41, 5.74) is -0.499. The topological polar surface area (TPSA) is 75.7 Å². The van der Waals surface area contributed by atoms with Crippen molar-refractivity contribution < 1.29 is 31.1 Å². The molecule has 0 radical (unpaired) electrons. The van der Waals surface area contributed by atoms with E-state index in [-0.39, 0.29) is 5.69 Å². The first-order chi connectivity index (χ1) is 13.8. The van der Waals surface area contributed by atoms with E-state index in [1.54, 1.807) is 31.2 Å². The summed E-state index contributed by atoms with van der Waals surface area (Å²) in [6.07, 6.45) is -3.81. The number of hydrogen-bond acceptors (Lipinski definition) is 4. The highest BCUT2D eigenvalue weighted by Crippen LogP contribution is 2.33. The van der Waals surface area contributed by atoms with Crippen molar-refractivity contribution in [2.45, 2.75) is 32.1 Å². The number of nitrogens with zero attached hydrogens (tertiary/aromatic N) is 1. The highest BCUT2D eigenvalue weighted by molar-refractivity contribution is 7.92. The average molecular weight is 444 g/mol. The van der Waals surface area contributed by atoms with Gasteiger partial charge in [-0.3, -0.25) is 9.10 Å². The number of methoxy groups -OCH3 is 1. The predicted molar refractivity (Wildman–Crippen MR) is 108 cm³/mol. The lowest BCUT2D eigenvalue weighted by Crippen LogP contribution is -2.48. The van der Waals surface area contributed by atoms with Crippen LogP contribution < -0.4 is 14.4 Å². The molecule has 30 heavy (non-hydrogen) atoms. The molecule has 6 nitrogen and oxygen atoms in total. The molecule has 0 aliphatic heterocycles. The summed E-state index contributed by atoms with van der Waals surface area (Å²) in [6.45, 7) is 3.03. The molecule has 1 amide bonds. The first kappa shape index (κ1) is 23.5. The monoisotopic (exact) mass is 444 g/mol. The number of benzene rings is 2. The van der Waals surface area contributed by atoms with E-state index in [9.17, 15) is 26.4 Å². The molecular weight excluding hydrogens is 421 g/mol. The summed E-state index contributed by atoms with van der Waals surface area (Å²) in [5.74, 6) is -0.0143. The van der Waals surface area contributed by atoms with Crippen molar-refractivity contribution in [2.24, 2.45) is 0 Å². The Balaban J connectivity index is 2.28. The summed E-state index contributed by atoms with van der Waals surface area (Å²) in [7, 11) is -2.52. The van der Waals surface area contributed by atoms with Crippen molar-refractivity contribution in [1.29, 1.82) is 0 Å². The fourth-order valence-electron chi connectivity index (χ4n) is 2.94. The molecule has 2 atom stereocenters. The minimum absolute atomic E-state index is 0.243. The Morgan fingerprint density at radius 1 is 1.10 bits per heavy atom. The van der Waals surface area contributed by atoms with Gasteiger partial charge < -0.3 is 10.1 Å². The van der Waals surface area contributed by atoms with Crippen LogP contribution in [0.2, 0.25) is 0 Å². The lowest BCUT2D eigenvalue weighted by Gasteiger charge is -2.29. The van der Waals surface area contributed by atoms with Crippen LogP contribution in [0.5, 0.6) is 5.75 Å². The zero-order valence-electron chi connectivity index (χ0n) is 16.9. The highest BCUT2D eigenvalue weighted by atomic mass is 32.2. The smallest absolute Gasteiger partial charge is 0.416 e. The standard InChI is InChI=1S/C20H23F3N2O4S/c1-13(15-8-10-18(29-3)11-9-15)24-19(26)14(2)25(30(4,27)28)17-7-5-6-16(12-17)20(21,22)23/h5-14H,1-4H3,(H,24,26)/t13-,14-/m1/s1. The van der Waals surface area contributed by atoms with Gasteiger partial charge >= 0.3 is 6.18 Å². The summed E-state index contributed by atoms with van der Waals surface area (Å²) >= 11 is 0. The Kier molecular flexibility index (Phi) is 7.02. The van der Waals surface area contributed by atoms with Crippen LogP contribution in [0.1, 0.15) is 31.0 Å². The molecule has 0 heterocycles. The minimum atomic E-state index is -4.65. The van der Waals surface area contributed by atoms with Crippen LogP contribution in [0.25, 0.3) is 0 Å². The van der Waals surface area contributed by atoms with Crippen LogP contribution >= 0.6 is 0 Å². The first-order valence-corrected chi connectivity index (χ1v) is 10.8. The molecule has 0 spiro atoms. The third kappa shape index (κ3) is 5.65. The molecule has 0 aromatic heterocycles. The van der Waals surface area contributed by atoms with E-state index in [1.807, 2.05) is 0 Å². The van der Waals surface area contributed by atoms with E-state index in [0.29, 0.717) is 16.1 Å². The van der Waals surface area contributed by atoms with E-state index >= 15 is 0 Å². The predicted octanol–water partition coefficient (Wildman–Crippen LogP) is 3.75. The maximum absolute atomic E-state index is 13.0. The number of anilines is 1. The molecule has 0 aliphatic carbocycles. The van der Waals surface area contributed by atoms with Gasteiger partial charge in [-0.25, -0.2) is 8.42 Å². The zero-order valence-corrected chi connectivity index (χ0v) is 17.7. The van der Waals surface area contributed by atoms with Crippen LogP contribution in [0.15, 0.2) is 48.5 Å². The Morgan fingerprint density at radius 3 is 2.20 bits per heavy atom. The second-order valence-electron chi connectivity index (χ2n) is 6.79.